The molecule has 10 heteroatoms. The van der Waals surface area contributed by atoms with E-state index < -0.39 is 28.3 Å². The van der Waals surface area contributed by atoms with Crippen LogP contribution in [-0.2, 0) is 25.1 Å². The summed E-state index contributed by atoms with van der Waals surface area (Å²) in [5.41, 5.74) is 1.58. The van der Waals surface area contributed by atoms with Crippen LogP contribution in [0, 0.1) is 0 Å². The molecule has 2 aliphatic heterocycles. The van der Waals surface area contributed by atoms with Gasteiger partial charge in [-0.2, -0.15) is 0 Å². The highest BCUT2D eigenvalue weighted by molar-refractivity contribution is 7.92. The highest BCUT2D eigenvalue weighted by Crippen LogP contribution is 2.37. The Morgan fingerprint density at radius 3 is 2.17 bits per heavy atom. The van der Waals surface area contributed by atoms with Crippen LogP contribution >= 0.6 is 0 Å². The Kier molecular flexibility index (Phi) is 5.09. The van der Waals surface area contributed by atoms with E-state index in [1.165, 1.54) is 4.31 Å². The lowest BCUT2D eigenvalue weighted by molar-refractivity contribution is 0.00578. The van der Waals surface area contributed by atoms with E-state index in [2.05, 4.69) is 0 Å². The van der Waals surface area contributed by atoms with Crippen molar-refractivity contribution in [3.05, 3.63) is 23.8 Å². The molecule has 2 N–H and O–H groups in total. The Labute approximate surface area is 144 Å². The van der Waals surface area contributed by atoms with E-state index in [1.54, 1.807) is 7.05 Å². The van der Waals surface area contributed by atoms with Crippen LogP contribution in [-0.4, -0.2) is 51.5 Å². The smallest absolute Gasteiger partial charge is 0.429 e. The van der Waals surface area contributed by atoms with Gasteiger partial charge in [-0.1, -0.05) is 12.1 Å². The normalized spacial score (nSPS) is 22.6. The summed E-state index contributed by atoms with van der Waals surface area (Å²) in [7, 11) is -2.10. The van der Waals surface area contributed by atoms with Crippen LogP contribution in [0.3, 0.4) is 0 Å². The van der Waals surface area contributed by atoms with E-state index in [4.69, 9.17) is 19.4 Å². The minimum atomic E-state index is -3.22. The molecule has 2 heterocycles. The minimum absolute atomic E-state index is 0. The van der Waals surface area contributed by atoms with Gasteiger partial charge in [-0.25, -0.2) is 8.42 Å². The van der Waals surface area contributed by atoms with Gasteiger partial charge in [0.2, 0.25) is 10.0 Å². The molecular weight excluding hydrogens is 332 g/mol. The maximum Gasteiger partial charge on any atom is 0.494 e. The molecule has 0 amide bonds. The molecule has 0 atom stereocenters. The third-order valence-corrected chi connectivity index (χ3v) is 6.43. The maximum absolute atomic E-state index is 11.9. The number of anilines is 1. The Hall–Kier alpha value is -1.06. The van der Waals surface area contributed by atoms with Crippen molar-refractivity contribution in [2.24, 2.45) is 0 Å². The lowest BCUT2D eigenvalue weighted by Crippen LogP contribution is -2.41. The van der Waals surface area contributed by atoms with Crippen LogP contribution in [0.4, 0.5) is 5.69 Å². The van der Waals surface area contributed by atoms with E-state index in [0.29, 0.717) is 0 Å². The summed E-state index contributed by atoms with van der Waals surface area (Å²) < 4.78 is 37.2. The fourth-order valence-electron chi connectivity index (χ4n) is 2.60. The Bertz CT molecular complexity index is 706. The fourth-order valence-corrected chi connectivity index (χ4v) is 3.89. The third kappa shape index (κ3) is 3.34. The highest BCUT2D eigenvalue weighted by Gasteiger charge is 2.51. The second-order valence-corrected chi connectivity index (χ2v) is 8.82. The lowest BCUT2D eigenvalue weighted by atomic mass is 9.78. The number of hydrogen-bond donors (Lipinski definition) is 2. The Morgan fingerprint density at radius 1 is 1.17 bits per heavy atom. The molecule has 0 saturated carbocycles. The number of nitrogens with zero attached hydrogens (tertiary/aromatic N) is 1. The van der Waals surface area contributed by atoms with Crippen molar-refractivity contribution in [1.82, 2.24) is 0 Å². The molecule has 1 saturated heterocycles. The van der Waals surface area contributed by atoms with Crippen LogP contribution in [0.2, 0.25) is 0 Å². The van der Waals surface area contributed by atoms with Gasteiger partial charge >= 0.3 is 14.8 Å². The molecule has 131 valence electrons. The van der Waals surface area contributed by atoms with E-state index in [-0.39, 0.29) is 13.4 Å². The van der Waals surface area contributed by atoms with Crippen molar-refractivity contribution in [2.45, 2.75) is 44.6 Å². The number of sulfonamides is 1. The minimum Gasteiger partial charge on any atom is -0.429 e. The van der Waals surface area contributed by atoms with Crippen molar-refractivity contribution in [1.29, 1.82) is 0 Å². The molecule has 3 rings (SSSR count). The second kappa shape index (κ2) is 6.34. The summed E-state index contributed by atoms with van der Waals surface area (Å²) in [5.74, 6) is 0.0339. The number of hydrogen-bond acceptors (Lipinski definition) is 6. The summed E-state index contributed by atoms with van der Waals surface area (Å²) in [6, 6.07) is 5.57. The van der Waals surface area contributed by atoms with Gasteiger partial charge in [0.05, 0.1) is 22.6 Å². The first-order valence-corrected chi connectivity index (χ1v) is 9.11. The predicted molar refractivity (Wildman–Crippen MR) is 93.4 cm³/mol. The Balaban J connectivity index is 0.000000647. The van der Waals surface area contributed by atoms with Gasteiger partial charge in [0.15, 0.2) is 0 Å². The molecule has 1 radical (unpaired) electrons. The molecule has 1 aromatic carbocycles. The predicted octanol–water partition coefficient (Wildman–Crippen LogP) is -0.229. The SMILES string of the molecule is CN1c2ccc(B3OC(C)(C)C(C)(C)O3)cc2CS1(=O)=O.O[B]O. The standard InChI is InChI=1S/C14H20BNO4S.BH2O2/c1-13(2)14(3,4)20-15(19-13)11-6-7-12-10(8-11)9-21(17,18)16(12)5;2-1-3/h6-8H,9H2,1-5H3;2-3H. The average molecular weight is 354 g/mol. The molecule has 24 heavy (non-hydrogen) atoms. The van der Waals surface area contributed by atoms with Crippen LogP contribution in [0.25, 0.3) is 0 Å². The van der Waals surface area contributed by atoms with Crippen molar-refractivity contribution < 1.29 is 27.8 Å². The van der Waals surface area contributed by atoms with Gasteiger partial charge in [0.1, 0.15) is 0 Å². The first-order chi connectivity index (χ1) is 10.9. The lowest BCUT2D eigenvalue weighted by Gasteiger charge is -2.32. The van der Waals surface area contributed by atoms with Crippen molar-refractivity contribution in [3.63, 3.8) is 0 Å². The van der Waals surface area contributed by atoms with Crippen molar-refractivity contribution in [3.8, 4) is 0 Å². The number of fused-ring (bicyclic) bond motifs is 1. The quantitative estimate of drug-likeness (QED) is 0.677. The zero-order valence-corrected chi connectivity index (χ0v) is 15.3. The molecular formula is C14H22B2NO6S. The molecule has 2 aliphatic rings. The zero-order chi connectivity index (χ0) is 18.3. The second-order valence-electron chi connectivity index (χ2n) is 6.82. The van der Waals surface area contributed by atoms with Crippen LogP contribution < -0.4 is 9.77 Å². The largest absolute Gasteiger partial charge is 0.494 e. The first kappa shape index (κ1) is 19.3. The van der Waals surface area contributed by atoms with E-state index in [9.17, 15) is 8.42 Å². The Morgan fingerprint density at radius 2 is 1.67 bits per heavy atom. The number of benzene rings is 1. The molecule has 1 aromatic rings. The van der Waals surface area contributed by atoms with Crippen LogP contribution in [0.1, 0.15) is 33.3 Å². The molecule has 0 unspecified atom stereocenters. The van der Waals surface area contributed by atoms with Gasteiger partial charge in [-0.3, -0.25) is 4.31 Å². The first-order valence-electron chi connectivity index (χ1n) is 7.50. The molecule has 0 spiro atoms. The van der Waals surface area contributed by atoms with E-state index in [0.717, 1.165) is 16.7 Å². The summed E-state index contributed by atoms with van der Waals surface area (Å²) in [6.07, 6.45) is 0. The maximum atomic E-state index is 11.9. The monoisotopic (exact) mass is 354 g/mol. The number of rotatable bonds is 1. The van der Waals surface area contributed by atoms with Gasteiger partial charge in [-0.15, -0.1) is 0 Å². The van der Waals surface area contributed by atoms with Gasteiger partial charge < -0.3 is 19.4 Å². The van der Waals surface area contributed by atoms with Crippen molar-refractivity contribution in [2.75, 3.05) is 11.4 Å². The topological polar surface area (TPSA) is 96.3 Å². The molecule has 0 aliphatic carbocycles. The van der Waals surface area contributed by atoms with Crippen LogP contribution in [0.15, 0.2) is 18.2 Å². The summed E-state index contributed by atoms with van der Waals surface area (Å²) in [6.45, 7) is 7.99. The van der Waals surface area contributed by atoms with Gasteiger partial charge in [-0.05, 0) is 44.8 Å². The molecule has 7 nitrogen and oxygen atoms in total. The third-order valence-electron chi connectivity index (χ3n) is 4.72. The molecule has 0 aromatic heterocycles. The fraction of sp³-hybridized carbons (Fsp3) is 0.571. The van der Waals surface area contributed by atoms with Gasteiger partial charge in [0, 0.05) is 7.05 Å². The van der Waals surface area contributed by atoms with Crippen molar-refractivity contribution >= 4 is 36.0 Å². The van der Waals surface area contributed by atoms with E-state index >= 15 is 0 Å². The summed E-state index contributed by atoms with van der Waals surface area (Å²) in [4.78, 5) is 0. The summed E-state index contributed by atoms with van der Waals surface area (Å²) >= 11 is 0. The van der Waals surface area contributed by atoms with Gasteiger partial charge in [0.25, 0.3) is 0 Å². The van der Waals surface area contributed by atoms with E-state index in [1.807, 2.05) is 45.9 Å². The summed E-state index contributed by atoms with van der Waals surface area (Å²) in [5, 5.41) is 14.0. The molecule has 0 bridgehead atoms. The highest BCUT2D eigenvalue weighted by atomic mass is 32.2. The molecule has 1 fully saturated rings. The van der Waals surface area contributed by atoms with Crippen LogP contribution in [0.5, 0.6) is 0 Å². The zero-order valence-electron chi connectivity index (χ0n) is 14.5. The average Bonchev–Trinajstić information content (AvgIpc) is 2.80.